The fourth-order valence-corrected chi connectivity index (χ4v) is 9.19. The highest BCUT2D eigenvalue weighted by atomic mass is 15.1. The molecule has 0 amide bonds. The van der Waals surface area contributed by atoms with E-state index in [2.05, 4.69) is 192 Å². The Kier molecular flexibility index (Phi) is 8.08. The van der Waals surface area contributed by atoms with Crippen LogP contribution in [0.25, 0.3) is 76.9 Å². The molecular weight excluding hydrogens is 703 g/mol. The van der Waals surface area contributed by atoms with Gasteiger partial charge in [-0.15, -0.1) is 0 Å². The molecule has 3 heteroatoms. The molecule has 0 spiro atoms. The molecule has 0 aliphatic heterocycles. The number of fused-ring (bicyclic) bond motifs is 10. The average Bonchev–Trinajstić information content (AvgIpc) is 3.40. The highest BCUT2D eigenvalue weighted by Crippen LogP contribution is 2.44. The van der Waals surface area contributed by atoms with Crippen LogP contribution >= 0.6 is 0 Å². The van der Waals surface area contributed by atoms with Gasteiger partial charge >= 0.3 is 0 Å². The van der Waals surface area contributed by atoms with Crippen molar-refractivity contribution in [2.24, 2.45) is 5.73 Å². The van der Waals surface area contributed by atoms with Gasteiger partial charge in [0.2, 0.25) is 0 Å². The molecule has 0 saturated carbocycles. The predicted molar refractivity (Wildman–Crippen MR) is 244 cm³/mol. The Morgan fingerprint density at radius 1 is 0.552 bits per heavy atom. The number of rotatable bonds is 7. The van der Waals surface area contributed by atoms with Crippen molar-refractivity contribution >= 4 is 60.1 Å². The van der Waals surface area contributed by atoms with Crippen LogP contribution in [0.2, 0.25) is 0 Å². The molecule has 274 valence electrons. The number of hydrogen-bond donors (Lipinski definition) is 2. The van der Waals surface area contributed by atoms with E-state index in [4.69, 9.17) is 5.73 Å². The van der Waals surface area contributed by atoms with E-state index in [-0.39, 0.29) is 0 Å². The molecule has 0 bridgehead atoms. The minimum absolute atomic E-state index is 0.625. The summed E-state index contributed by atoms with van der Waals surface area (Å²) in [5.41, 5.74) is 16.4. The molecule has 9 aromatic carbocycles. The number of allylic oxidation sites excluding steroid dienone is 1. The van der Waals surface area contributed by atoms with Crippen molar-refractivity contribution in [2.45, 2.75) is 18.6 Å². The van der Waals surface area contributed by atoms with E-state index in [0.717, 1.165) is 39.0 Å². The first-order valence-electron chi connectivity index (χ1n) is 20.0. The average molecular weight is 742 g/mol. The van der Waals surface area contributed by atoms with Crippen molar-refractivity contribution in [2.75, 3.05) is 0 Å². The van der Waals surface area contributed by atoms with E-state index in [1.807, 2.05) is 24.3 Å². The van der Waals surface area contributed by atoms with E-state index >= 15 is 0 Å². The van der Waals surface area contributed by atoms with Crippen molar-refractivity contribution in [3.05, 3.63) is 216 Å². The van der Waals surface area contributed by atoms with Crippen molar-refractivity contribution in [1.82, 2.24) is 9.88 Å². The SMILES string of the molecule is NC(NCc1ccccc1)(c1ccccc1)c1ccc(-n2c3c(c4cc5ccccc5c(-c5ccc6c7ccccc7c7ccccc7c6c5)c42)C#CCC=C3)cc1. The Morgan fingerprint density at radius 3 is 1.84 bits per heavy atom. The van der Waals surface area contributed by atoms with Crippen LogP contribution in [0.1, 0.15) is 34.4 Å². The number of benzene rings is 9. The largest absolute Gasteiger partial charge is 0.308 e. The van der Waals surface area contributed by atoms with Crippen LogP contribution in [0.5, 0.6) is 0 Å². The van der Waals surface area contributed by atoms with Gasteiger partial charge in [0.05, 0.1) is 16.8 Å². The molecular formula is C55H39N3. The van der Waals surface area contributed by atoms with E-state index in [1.54, 1.807) is 0 Å². The van der Waals surface area contributed by atoms with Gasteiger partial charge < -0.3 is 10.3 Å². The second-order valence-electron chi connectivity index (χ2n) is 15.3. The predicted octanol–water partition coefficient (Wildman–Crippen LogP) is 12.6. The Labute approximate surface area is 337 Å². The Balaban J connectivity index is 1.15. The molecule has 1 aliphatic carbocycles. The van der Waals surface area contributed by atoms with E-state index in [9.17, 15) is 0 Å². The number of hydrogen-bond acceptors (Lipinski definition) is 2. The Bertz CT molecular complexity index is 3270. The van der Waals surface area contributed by atoms with E-state index < -0.39 is 5.66 Å². The minimum Gasteiger partial charge on any atom is -0.308 e. The van der Waals surface area contributed by atoms with Gasteiger partial charge in [-0.2, -0.15) is 0 Å². The third-order valence-electron chi connectivity index (χ3n) is 12.0. The lowest BCUT2D eigenvalue weighted by Crippen LogP contribution is -2.51. The van der Waals surface area contributed by atoms with Gasteiger partial charge in [0, 0.05) is 29.6 Å². The summed E-state index contributed by atoms with van der Waals surface area (Å²) in [7, 11) is 0. The van der Waals surface area contributed by atoms with Crippen LogP contribution in [0.3, 0.4) is 0 Å². The Morgan fingerprint density at radius 2 is 1.14 bits per heavy atom. The lowest BCUT2D eigenvalue weighted by molar-refractivity contribution is 0.413. The van der Waals surface area contributed by atoms with Gasteiger partial charge in [-0.25, -0.2) is 0 Å². The molecule has 1 aliphatic rings. The van der Waals surface area contributed by atoms with Crippen LogP contribution in [0.15, 0.2) is 188 Å². The van der Waals surface area contributed by atoms with E-state index in [0.29, 0.717) is 13.0 Å². The quantitative estimate of drug-likeness (QED) is 0.0970. The summed E-state index contributed by atoms with van der Waals surface area (Å²) in [6.07, 6.45) is 5.13. The first-order valence-corrected chi connectivity index (χ1v) is 20.0. The summed E-state index contributed by atoms with van der Waals surface area (Å²) in [5.74, 6) is 7.03. The van der Waals surface area contributed by atoms with Crippen LogP contribution in [-0.4, -0.2) is 4.57 Å². The highest BCUT2D eigenvalue weighted by molar-refractivity contribution is 6.26. The zero-order valence-corrected chi connectivity index (χ0v) is 31.9. The van der Waals surface area contributed by atoms with Crippen molar-refractivity contribution in [1.29, 1.82) is 0 Å². The van der Waals surface area contributed by atoms with Gasteiger partial charge in [0.1, 0.15) is 5.66 Å². The van der Waals surface area contributed by atoms with Gasteiger partial charge in [0.15, 0.2) is 0 Å². The molecule has 0 radical (unpaired) electrons. The monoisotopic (exact) mass is 741 g/mol. The summed E-state index contributed by atoms with van der Waals surface area (Å²) >= 11 is 0. The molecule has 10 aromatic rings. The lowest BCUT2D eigenvalue weighted by Gasteiger charge is -2.32. The molecule has 1 unspecified atom stereocenters. The van der Waals surface area contributed by atoms with E-state index in [1.165, 1.54) is 59.8 Å². The molecule has 3 N–H and O–H groups in total. The maximum atomic E-state index is 7.41. The topological polar surface area (TPSA) is 43.0 Å². The van der Waals surface area contributed by atoms with Gasteiger partial charge in [0.25, 0.3) is 0 Å². The van der Waals surface area contributed by atoms with Gasteiger partial charge in [-0.05, 0) is 95.7 Å². The Hall–Kier alpha value is -7.22. The third kappa shape index (κ3) is 5.46. The molecule has 11 rings (SSSR count). The first-order chi connectivity index (χ1) is 28.7. The maximum Gasteiger partial charge on any atom is 0.119 e. The second kappa shape index (κ2) is 13.8. The summed E-state index contributed by atoms with van der Waals surface area (Å²) in [6, 6.07) is 65.3. The summed E-state index contributed by atoms with van der Waals surface area (Å²) < 4.78 is 2.42. The van der Waals surface area contributed by atoms with Gasteiger partial charge in [-0.3, -0.25) is 5.32 Å². The molecule has 3 nitrogen and oxygen atoms in total. The number of aromatic nitrogens is 1. The van der Waals surface area contributed by atoms with Crippen LogP contribution in [0.4, 0.5) is 0 Å². The van der Waals surface area contributed by atoms with Gasteiger partial charge in [-0.1, -0.05) is 176 Å². The molecule has 1 atom stereocenters. The second-order valence-corrected chi connectivity index (χ2v) is 15.3. The summed E-state index contributed by atoms with van der Waals surface area (Å²) in [4.78, 5) is 0. The van der Waals surface area contributed by atoms with Crippen LogP contribution < -0.4 is 11.1 Å². The summed E-state index contributed by atoms with van der Waals surface area (Å²) in [6.45, 7) is 0.625. The minimum atomic E-state index is -0.921. The summed E-state index contributed by atoms with van der Waals surface area (Å²) in [5, 5.41) is 14.9. The standard InChI is InChI=1S/C55H39N3/c56-55(40-19-6-2-7-20-40,57-36-37-16-4-1-5-17-37)41-29-31-42(32-30-41)58-52-27-9-3-8-26-49(52)51-34-38-18-10-11-21-43(38)53(54(51)58)39-28-33-48-46-24-13-12-22-44(46)45-23-14-15-25-47(45)50(48)35-39/h1-2,4-7,9-25,27-35,57H,3,36,56H2. The zero-order valence-electron chi connectivity index (χ0n) is 31.9. The van der Waals surface area contributed by atoms with Crippen molar-refractivity contribution in [3.63, 3.8) is 0 Å². The van der Waals surface area contributed by atoms with Crippen molar-refractivity contribution < 1.29 is 0 Å². The van der Waals surface area contributed by atoms with Crippen LogP contribution in [-0.2, 0) is 12.2 Å². The highest BCUT2D eigenvalue weighted by Gasteiger charge is 2.30. The molecule has 0 fully saturated rings. The van der Waals surface area contributed by atoms with Crippen LogP contribution in [0, 0.1) is 11.8 Å². The molecule has 0 saturated heterocycles. The fraction of sp³-hybridized carbons (Fsp3) is 0.0545. The number of nitrogens with zero attached hydrogens (tertiary/aromatic N) is 1. The molecule has 1 heterocycles. The molecule has 58 heavy (non-hydrogen) atoms. The fourth-order valence-electron chi connectivity index (χ4n) is 9.19. The molecule has 1 aromatic heterocycles. The zero-order chi connectivity index (χ0) is 38.6. The number of nitrogens with two attached hydrogens (primary N) is 1. The first kappa shape index (κ1) is 34.1. The maximum absolute atomic E-state index is 7.41. The third-order valence-corrected chi connectivity index (χ3v) is 12.0. The number of nitrogens with one attached hydrogen (secondary N) is 1. The lowest BCUT2D eigenvalue weighted by atomic mass is 9.89. The smallest absolute Gasteiger partial charge is 0.119 e. The normalized spacial score (nSPS) is 13.4. The van der Waals surface area contributed by atoms with Crippen molar-refractivity contribution in [3.8, 4) is 28.7 Å².